The third kappa shape index (κ3) is 3.52. The minimum Gasteiger partial charge on any atom is -0.492 e. The summed E-state index contributed by atoms with van der Waals surface area (Å²) < 4.78 is 6.18. The van der Waals surface area contributed by atoms with Crippen molar-refractivity contribution in [2.75, 3.05) is 11.9 Å². The molecule has 1 N–H and O–H groups in total. The van der Waals surface area contributed by atoms with Gasteiger partial charge in [-0.05, 0) is 61.9 Å². The Labute approximate surface area is 223 Å². The molecule has 1 fully saturated rings. The summed E-state index contributed by atoms with van der Waals surface area (Å²) in [5.41, 5.74) is 7.73. The minimum absolute atomic E-state index is 0.0555. The number of fused-ring (bicyclic) bond motifs is 1. The second kappa shape index (κ2) is 9.02. The Bertz CT molecular complexity index is 1440. The minimum atomic E-state index is -0.436. The maximum atomic E-state index is 11.4. The first-order chi connectivity index (χ1) is 18.4. The van der Waals surface area contributed by atoms with Gasteiger partial charge in [-0.15, -0.1) is 0 Å². The van der Waals surface area contributed by atoms with Crippen LogP contribution in [0, 0.1) is 29.4 Å². The van der Waals surface area contributed by atoms with E-state index < -0.39 is 5.41 Å². The molecule has 0 radical (unpaired) electrons. The average Bonchev–Trinajstić information content (AvgIpc) is 3.72. The topological polar surface area (TPSA) is 64.4 Å². The highest BCUT2D eigenvalue weighted by atomic mass is 16.6. The molecule has 0 bridgehead atoms. The maximum Gasteiger partial charge on any atom is 0.269 e. The molecule has 4 aromatic rings. The van der Waals surface area contributed by atoms with E-state index >= 15 is 0 Å². The quantitative estimate of drug-likeness (QED) is 0.214. The summed E-state index contributed by atoms with van der Waals surface area (Å²) >= 11 is 0. The molecule has 1 spiro atoms. The van der Waals surface area contributed by atoms with Gasteiger partial charge in [-0.1, -0.05) is 83.9 Å². The van der Waals surface area contributed by atoms with Crippen LogP contribution in [0.3, 0.4) is 0 Å². The monoisotopic (exact) mass is 504 g/mol. The first-order valence-electron chi connectivity index (χ1n) is 13.3. The molecule has 1 aliphatic carbocycles. The first-order valence-corrected chi connectivity index (χ1v) is 13.3. The molecule has 1 unspecified atom stereocenters. The summed E-state index contributed by atoms with van der Waals surface area (Å²) in [6.07, 6.45) is 2.06. The number of nitrogens with zero attached hydrogens (tertiary/aromatic N) is 1. The number of aryl methyl sites for hydroxylation is 2. The van der Waals surface area contributed by atoms with Crippen LogP contribution in [0.5, 0.6) is 5.75 Å². The zero-order valence-electron chi connectivity index (χ0n) is 22.0. The lowest BCUT2D eigenvalue weighted by atomic mass is 9.54. The van der Waals surface area contributed by atoms with Crippen molar-refractivity contribution in [2.45, 2.75) is 45.1 Å². The van der Waals surface area contributed by atoms with Gasteiger partial charge in [0.15, 0.2) is 0 Å². The molecule has 2 aliphatic rings. The average molecular weight is 505 g/mol. The van der Waals surface area contributed by atoms with Gasteiger partial charge in [0, 0.05) is 17.5 Å². The van der Waals surface area contributed by atoms with Crippen molar-refractivity contribution in [1.29, 1.82) is 0 Å². The number of nitro benzene ring substituents is 1. The molecule has 0 saturated heterocycles. The molecule has 1 heterocycles. The van der Waals surface area contributed by atoms with Crippen LogP contribution in [0.1, 0.15) is 59.2 Å². The van der Waals surface area contributed by atoms with E-state index in [0.29, 0.717) is 6.61 Å². The maximum absolute atomic E-state index is 11.4. The van der Waals surface area contributed by atoms with Crippen molar-refractivity contribution >= 4 is 11.4 Å². The van der Waals surface area contributed by atoms with E-state index in [4.69, 9.17) is 4.74 Å². The van der Waals surface area contributed by atoms with Crippen LogP contribution in [-0.2, 0) is 5.41 Å². The van der Waals surface area contributed by atoms with E-state index in [-0.39, 0.29) is 22.1 Å². The van der Waals surface area contributed by atoms with Crippen LogP contribution >= 0.6 is 0 Å². The molecule has 6 rings (SSSR count). The van der Waals surface area contributed by atoms with Gasteiger partial charge in [-0.25, -0.2) is 0 Å². The van der Waals surface area contributed by atoms with E-state index in [9.17, 15) is 10.1 Å². The SMILES string of the molecule is CCOc1cccc2c1NC(c1ccc([N+](=O)[O-])cc1)C1(CC1)C2(c1ccc(C)cc1)c1ccc(C)cc1. The Morgan fingerprint density at radius 3 is 1.95 bits per heavy atom. The van der Waals surface area contributed by atoms with E-state index in [2.05, 4.69) is 79.8 Å². The van der Waals surface area contributed by atoms with E-state index in [1.54, 1.807) is 12.1 Å². The zero-order chi connectivity index (χ0) is 26.5. The summed E-state index contributed by atoms with van der Waals surface area (Å²) in [6.45, 7) is 6.82. The Hall–Kier alpha value is -4.12. The van der Waals surface area contributed by atoms with Crippen LogP contribution < -0.4 is 10.1 Å². The fraction of sp³-hybridized carbons (Fsp3) is 0.273. The predicted molar refractivity (Wildman–Crippen MR) is 151 cm³/mol. The molecular weight excluding hydrogens is 472 g/mol. The molecule has 5 nitrogen and oxygen atoms in total. The van der Waals surface area contributed by atoms with Crippen molar-refractivity contribution in [2.24, 2.45) is 5.41 Å². The number of hydrogen-bond acceptors (Lipinski definition) is 4. The van der Waals surface area contributed by atoms with Gasteiger partial charge in [0.05, 0.1) is 28.7 Å². The van der Waals surface area contributed by atoms with Crippen LogP contribution in [0.25, 0.3) is 0 Å². The molecular formula is C33H32N2O3. The number of ether oxygens (including phenoxy) is 1. The molecule has 0 amide bonds. The lowest BCUT2D eigenvalue weighted by Gasteiger charge is -2.52. The zero-order valence-corrected chi connectivity index (χ0v) is 22.0. The molecule has 5 heteroatoms. The van der Waals surface area contributed by atoms with Crippen LogP contribution in [0.15, 0.2) is 91.0 Å². The van der Waals surface area contributed by atoms with E-state index in [1.165, 1.54) is 27.8 Å². The summed E-state index contributed by atoms with van der Waals surface area (Å²) in [5, 5.41) is 15.3. The number of benzene rings is 4. The van der Waals surface area contributed by atoms with Crippen molar-refractivity contribution in [3.8, 4) is 5.75 Å². The molecule has 1 saturated carbocycles. The molecule has 0 aromatic heterocycles. The molecule has 4 aromatic carbocycles. The molecule has 38 heavy (non-hydrogen) atoms. The summed E-state index contributed by atoms with van der Waals surface area (Å²) in [6, 6.07) is 31.3. The van der Waals surface area contributed by atoms with Gasteiger partial charge < -0.3 is 10.1 Å². The lowest BCUT2D eigenvalue weighted by Crippen LogP contribution is -2.48. The number of anilines is 1. The van der Waals surface area contributed by atoms with Crippen molar-refractivity contribution in [3.05, 3.63) is 134 Å². The third-order valence-electron chi connectivity index (χ3n) is 8.51. The number of rotatable bonds is 6. The smallest absolute Gasteiger partial charge is 0.269 e. The van der Waals surface area contributed by atoms with Gasteiger partial charge >= 0.3 is 0 Å². The Kier molecular flexibility index (Phi) is 5.75. The van der Waals surface area contributed by atoms with Crippen LogP contribution in [0.2, 0.25) is 0 Å². The summed E-state index contributed by atoms with van der Waals surface area (Å²) in [5.74, 6) is 0.830. The fourth-order valence-corrected chi connectivity index (χ4v) is 6.68. The third-order valence-corrected chi connectivity index (χ3v) is 8.51. The molecule has 1 aliphatic heterocycles. The molecule has 192 valence electrons. The van der Waals surface area contributed by atoms with E-state index in [1.807, 2.05) is 25.1 Å². The Balaban J connectivity index is 1.69. The van der Waals surface area contributed by atoms with Crippen LogP contribution in [-0.4, -0.2) is 11.5 Å². The largest absolute Gasteiger partial charge is 0.492 e. The first kappa shape index (κ1) is 24.2. The second-order valence-electron chi connectivity index (χ2n) is 10.7. The number of non-ortho nitro benzene ring substituents is 1. The van der Waals surface area contributed by atoms with Gasteiger partial charge in [-0.3, -0.25) is 10.1 Å². The number of nitrogens with one attached hydrogen (secondary N) is 1. The lowest BCUT2D eigenvalue weighted by molar-refractivity contribution is -0.384. The Morgan fingerprint density at radius 1 is 0.868 bits per heavy atom. The van der Waals surface area contributed by atoms with Gasteiger partial charge in [0.1, 0.15) is 5.75 Å². The van der Waals surface area contributed by atoms with Crippen molar-refractivity contribution in [1.82, 2.24) is 0 Å². The van der Waals surface area contributed by atoms with Crippen molar-refractivity contribution in [3.63, 3.8) is 0 Å². The number of nitro groups is 1. The van der Waals surface area contributed by atoms with Gasteiger partial charge in [0.2, 0.25) is 0 Å². The standard InChI is InChI=1S/C33H32N2O3/c1-4-38-29-7-5-6-28-30(29)34-31(24-12-18-27(19-13-24)35(36)37)32(20-21-32)33(28,25-14-8-22(2)9-15-25)26-16-10-23(3)11-17-26/h5-19,31,34H,4,20-21H2,1-3H3. The predicted octanol–water partition coefficient (Wildman–Crippen LogP) is 7.89. The highest BCUT2D eigenvalue weighted by Crippen LogP contribution is 2.74. The number of hydrogen-bond donors (Lipinski definition) is 1. The summed E-state index contributed by atoms with van der Waals surface area (Å²) in [7, 11) is 0. The van der Waals surface area contributed by atoms with E-state index in [0.717, 1.165) is 29.8 Å². The van der Waals surface area contributed by atoms with Crippen LogP contribution in [0.4, 0.5) is 11.4 Å². The van der Waals surface area contributed by atoms with Gasteiger partial charge in [-0.2, -0.15) is 0 Å². The second-order valence-corrected chi connectivity index (χ2v) is 10.7. The van der Waals surface area contributed by atoms with Crippen molar-refractivity contribution < 1.29 is 9.66 Å². The molecule has 1 atom stereocenters. The van der Waals surface area contributed by atoms with Gasteiger partial charge in [0.25, 0.3) is 5.69 Å². The highest BCUT2D eigenvalue weighted by Gasteiger charge is 2.68. The normalized spacial score (nSPS) is 18.3. The Morgan fingerprint density at radius 2 is 1.45 bits per heavy atom. The highest BCUT2D eigenvalue weighted by molar-refractivity contribution is 5.75. The number of para-hydroxylation sites is 1. The fourth-order valence-electron chi connectivity index (χ4n) is 6.68. The summed E-state index contributed by atoms with van der Waals surface area (Å²) in [4.78, 5) is 11.1.